The lowest BCUT2D eigenvalue weighted by atomic mass is 9.74. The molecule has 2 aliphatic heterocycles. The molecule has 8 rings (SSSR count). The van der Waals surface area contributed by atoms with Crippen LogP contribution < -0.4 is 15.4 Å². The predicted molar refractivity (Wildman–Crippen MR) is 197 cm³/mol. The van der Waals surface area contributed by atoms with Crippen LogP contribution in [0.1, 0.15) is 83.7 Å². The summed E-state index contributed by atoms with van der Waals surface area (Å²) in [5, 5.41) is 9.66. The van der Waals surface area contributed by atoms with Crippen LogP contribution in [0, 0.1) is 12.8 Å². The van der Waals surface area contributed by atoms with E-state index in [0.29, 0.717) is 35.0 Å². The Morgan fingerprint density at radius 3 is 2.54 bits per heavy atom. The number of hydrogen-bond acceptors (Lipinski definition) is 11. The monoisotopic (exact) mass is 725 g/mol. The zero-order valence-electron chi connectivity index (χ0n) is 30.2. The zero-order chi connectivity index (χ0) is 37.6. The Bertz CT molecular complexity index is 2260. The Morgan fingerprint density at radius 2 is 1.78 bits per heavy atom. The number of benzene rings is 2. The largest absolute Gasteiger partial charge is 0.437 e. The van der Waals surface area contributed by atoms with Crippen molar-refractivity contribution >= 4 is 29.3 Å². The average molecular weight is 726 g/mol. The molecule has 2 aromatic carbocycles. The lowest BCUT2D eigenvalue weighted by molar-refractivity contribution is -0.136. The van der Waals surface area contributed by atoms with Gasteiger partial charge in [0.15, 0.2) is 0 Å². The van der Waals surface area contributed by atoms with E-state index in [4.69, 9.17) is 9.26 Å². The Labute approximate surface area is 311 Å². The van der Waals surface area contributed by atoms with Crippen molar-refractivity contribution in [1.29, 1.82) is 0 Å². The Morgan fingerprint density at radius 1 is 0.981 bits per heavy atom. The molecule has 13 heteroatoms. The molecule has 54 heavy (non-hydrogen) atoms. The molecular formula is C41H39N7O6. The molecule has 1 saturated heterocycles. The van der Waals surface area contributed by atoms with Crippen LogP contribution in [-0.4, -0.2) is 60.7 Å². The number of piperidine rings is 1. The van der Waals surface area contributed by atoms with Gasteiger partial charge in [-0.3, -0.25) is 34.4 Å². The number of ether oxygens (including phenoxy) is 1. The maximum Gasteiger partial charge on any atom is 0.262 e. The fourth-order valence-corrected chi connectivity index (χ4v) is 7.56. The molecule has 1 saturated carbocycles. The van der Waals surface area contributed by atoms with Gasteiger partial charge in [-0.05, 0) is 79.5 Å². The number of imide groups is 2. The number of nitrogens with zero attached hydrogens (tertiary/aromatic N) is 5. The summed E-state index contributed by atoms with van der Waals surface area (Å²) in [6.45, 7) is 6.19. The van der Waals surface area contributed by atoms with Gasteiger partial charge in [-0.25, -0.2) is 4.98 Å². The normalized spacial score (nSPS) is 21.2. The van der Waals surface area contributed by atoms with Gasteiger partial charge >= 0.3 is 0 Å². The third-order valence-electron chi connectivity index (χ3n) is 10.7. The minimum atomic E-state index is -0.975. The van der Waals surface area contributed by atoms with Gasteiger partial charge in [0.1, 0.15) is 17.5 Å². The van der Waals surface area contributed by atoms with Crippen LogP contribution in [0.4, 0.5) is 5.69 Å². The van der Waals surface area contributed by atoms with Gasteiger partial charge < -0.3 is 14.6 Å². The number of carbonyl (C=O) groups excluding carboxylic acids is 4. The molecule has 2 N–H and O–H groups in total. The molecule has 0 radical (unpaired) electrons. The molecular weight excluding hydrogens is 686 g/mol. The minimum Gasteiger partial charge on any atom is -0.437 e. The smallest absolute Gasteiger partial charge is 0.262 e. The summed E-state index contributed by atoms with van der Waals surface area (Å²) in [7, 11) is 0. The number of amides is 4. The quantitative estimate of drug-likeness (QED) is 0.190. The number of nitrogens with one attached hydrogen (secondary N) is 2. The fraction of sp³-hybridized carbons (Fsp3) is 0.317. The number of carbonyl (C=O) groups is 4. The van der Waals surface area contributed by atoms with E-state index in [2.05, 4.69) is 81.0 Å². The predicted octanol–water partition coefficient (Wildman–Crippen LogP) is 5.80. The van der Waals surface area contributed by atoms with Crippen LogP contribution in [0.5, 0.6) is 5.88 Å². The summed E-state index contributed by atoms with van der Waals surface area (Å²) >= 11 is 0. The topological polar surface area (TPSA) is 170 Å². The maximum absolute atomic E-state index is 13.2. The first kappa shape index (κ1) is 34.8. The second-order valence-corrected chi connectivity index (χ2v) is 14.8. The zero-order valence-corrected chi connectivity index (χ0v) is 30.2. The highest BCUT2D eigenvalue weighted by molar-refractivity contribution is 6.23. The van der Waals surface area contributed by atoms with Crippen LogP contribution in [-0.2, 0) is 21.4 Å². The van der Waals surface area contributed by atoms with Crippen molar-refractivity contribution in [1.82, 2.24) is 30.3 Å². The number of rotatable bonds is 10. The molecule has 274 valence electrons. The van der Waals surface area contributed by atoms with Crippen LogP contribution in [0.2, 0.25) is 0 Å². The third-order valence-corrected chi connectivity index (χ3v) is 10.7. The first-order chi connectivity index (χ1) is 26.0. The second kappa shape index (κ2) is 14.0. The number of anilines is 1. The van der Waals surface area contributed by atoms with E-state index < -0.39 is 29.7 Å². The summed E-state index contributed by atoms with van der Waals surface area (Å²) in [5.74, 6) is 0.310. The van der Waals surface area contributed by atoms with Gasteiger partial charge in [-0.2, -0.15) is 4.98 Å². The summed E-state index contributed by atoms with van der Waals surface area (Å²) < 4.78 is 11.1. The summed E-state index contributed by atoms with van der Waals surface area (Å²) in [6, 6.07) is 13.3. The first-order valence-corrected chi connectivity index (χ1v) is 18.1. The average Bonchev–Trinajstić information content (AvgIpc) is 3.57. The molecule has 2 fully saturated rings. The van der Waals surface area contributed by atoms with Crippen molar-refractivity contribution in [2.45, 2.75) is 76.8 Å². The SMILES string of the molecule is Cc1nc(-c2cncc(OC3=CC=C(C(C)(C)c4ccc(CC5CC(Nc6ccc7c(c6)C(=O)N(C6CCC(=O)NC6=O)C7=O)C5)cc4)CC=C3)n2)no1. The molecule has 4 aliphatic rings. The van der Waals surface area contributed by atoms with Gasteiger partial charge in [-0.1, -0.05) is 61.0 Å². The van der Waals surface area contributed by atoms with Crippen LogP contribution in [0.25, 0.3) is 11.5 Å². The lowest BCUT2D eigenvalue weighted by Gasteiger charge is -2.37. The summed E-state index contributed by atoms with van der Waals surface area (Å²) in [5.41, 5.74) is 5.35. The Kier molecular flexibility index (Phi) is 9.00. The van der Waals surface area contributed by atoms with E-state index in [9.17, 15) is 19.2 Å². The number of hydrogen-bond donors (Lipinski definition) is 2. The Hall–Kier alpha value is -6.24. The molecule has 0 bridgehead atoms. The number of aromatic nitrogens is 4. The van der Waals surface area contributed by atoms with Gasteiger partial charge in [0, 0.05) is 30.5 Å². The number of aryl methyl sites for hydroxylation is 1. The molecule has 4 amide bonds. The highest BCUT2D eigenvalue weighted by Crippen LogP contribution is 2.38. The minimum absolute atomic E-state index is 0.0897. The Balaban J connectivity index is 0.848. The lowest BCUT2D eigenvalue weighted by Crippen LogP contribution is -2.54. The first-order valence-electron chi connectivity index (χ1n) is 18.1. The standard InChI is InChI=1S/C41H39N7O6/c1-23-43-37(47-54-23)33-21-42-22-36(45-33)53-30-6-4-5-26(11-13-30)41(2,3)27-9-7-24(8-10-27)17-25-18-29(19-25)44-28-12-14-31-32(20-28)40(52)48(39(31)51)34-15-16-35(49)46-38(34)50/h4,6-14,20-22,25,29,34,44H,5,15-19H2,1-3H3,(H,46,49,50). The van der Waals surface area contributed by atoms with Crippen molar-refractivity contribution in [3.05, 3.63) is 119 Å². The van der Waals surface area contributed by atoms with Gasteiger partial charge in [0.25, 0.3) is 11.8 Å². The van der Waals surface area contributed by atoms with Gasteiger partial charge in [0.05, 0.1) is 23.5 Å². The van der Waals surface area contributed by atoms with Crippen LogP contribution in [0.3, 0.4) is 0 Å². The van der Waals surface area contributed by atoms with Gasteiger partial charge in [-0.15, -0.1) is 0 Å². The maximum atomic E-state index is 13.2. The van der Waals surface area contributed by atoms with Crippen molar-refractivity contribution < 1.29 is 28.4 Å². The van der Waals surface area contributed by atoms with Gasteiger partial charge in [0.2, 0.25) is 29.4 Å². The molecule has 0 spiro atoms. The molecule has 4 aromatic rings. The van der Waals surface area contributed by atoms with Crippen LogP contribution >= 0.6 is 0 Å². The fourth-order valence-electron chi connectivity index (χ4n) is 7.56. The molecule has 4 heterocycles. The van der Waals surface area contributed by atoms with Crippen molar-refractivity contribution in [2.75, 3.05) is 5.32 Å². The highest BCUT2D eigenvalue weighted by atomic mass is 16.5. The summed E-state index contributed by atoms with van der Waals surface area (Å²) in [6.07, 6.45) is 15.2. The molecule has 13 nitrogen and oxygen atoms in total. The third kappa shape index (κ3) is 6.84. The van der Waals surface area contributed by atoms with E-state index in [1.54, 1.807) is 31.5 Å². The second-order valence-electron chi connectivity index (χ2n) is 14.8. The van der Waals surface area contributed by atoms with E-state index in [1.807, 2.05) is 18.2 Å². The number of fused-ring (bicyclic) bond motifs is 1. The molecule has 2 aromatic heterocycles. The van der Waals surface area contributed by atoms with E-state index in [1.165, 1.54) is 16.7 Å². The number of allylic oxidation sites excluding steroid dienone is 5. The molecule has 2 aliphatic carbocycles. The van der Waals surface area contributed by atoms with Crippen LogP contribution in [0.15, 0.2) is 95.0 Å². The van der Waals surface area contributed by atoms with Crippen molar-refractivity contribution in [3.8, 4) is 17.4 Å². The molecule has 1 atom stereocenters. The summed E-state index contributed by atoms with van der Waals surface area (Å²) in [4.78, 5) is 64.1. The van der Waals surface area contributed by atoms with E-state index in [0.717, 1.165) is 36.3 Å². The van der Waals surface area contributed by atoms with E-state index in [-0.39, 0.29) is 35.4 Å². The van der Waals surface area contributed by atoms with Crippen molar-refractivity contribution in [3.63, 3.8) is 0 Å². The van der Waals surface area contributed by atoms with E-state index >= 15 is 0 Å². The molecule has 1 unspecified atom stereocenters. The highest BCUT2D eigenvalue weighted by Gasteiger charge is 2.44. The van der Waals surface area contributed by atoms with Crippen molar-refractivity contribution in [2.24, 2.45) is 5.92 Å².